The Labute approximate surface area is 102 Å². The Bertz CT molecular complexity index is 405. The maximum atomic E-state index is 6.07. The van der Waals surface area contributed by atoms with Crippen LogP contribution in [0.4, 0.5) is 5.69 Å². The van der Waals surface area contributed by atoms with Crippen molar-refractivity contribution >= 4 is 17.3 Å². The van der Waals surface area contributed by atoms with Crippen molar-refractivity contribution in [2.24, 2.45) is 5.92 Å². The van der Waals surface area contributed by atoms with Crippen LogP contribution in [0.2, 0.25) is 5.02 Å². The quantitative estimate of drug-likeness (QED) is 0.744. The van der Waals surface area contributed by atoms with E-state index >= 15 is 0 Å². The molecule has 0 radical (unpaired) electrons. The highest BCUT2D eigenvalue weighted by atomic mass is 35.5. The van der Waals surface area contributed by atoms with E-state index < -0.39 is 0 Å². The molecule has 0 aliphatic carbocycles. The van der Waals surface area contributed by atoms with Gasteiger partial charge >= 0.3 is 0 Å². The predicted molar refractivity (Wildman–Crippen MR) is 68.3 cm³/mol. The van der Waals surface area contributed by atoms with Crippen molar-refractivity contribution in [3.63, 3.8) is 0 Å². The molecule has 1 saturated heterocycles. The van der Waals surface area contributed by atoms with E-state index in [0.717, 1.165) is 24.0 Å². The van der Waals surface area contributed by atoms with Crippen LogP contribution in [-0.2, 0) is 6.42 Å². The van der Waals surface area contributed by atoms with Gasteiger partial charge in [0.2, 0.25) is 0 Å². The first-order valence-corrected chi connectivity index (χ1v) is 6.35. The molecule has 2 unspecified atom stereocenters. The summed E-state index contributed by atoms with van der Waals surface area (Å²) in [6.45, 7) is 2.27. The summed E-state index contributed by atoms with van der Waals surface area (Å²) in [6, 6.07) is 6.93. The van der Waals surface area contributed by atoms with E-state index in [1.807, 2.05) is 6.07 Å². The van der Waals surface area contributed by atoms with Crippen LogP contribution in [0.3, 0.4) is 0 Å². The number of likely N-dealkylation sites (N-methyl/N-ethyl adjacent to an activating group) is 1. The fraction of sp³-hybridized carbons (Fsp3) is 0.538. The van der Waals surface area contributed by atoms with Crippen LogP contribution < -0.4 is 10.2 Å². The second kappa shape index (κ2) is 3.94. The molecule has 3 rings (SSSR count). The molecule has 2 nitrogen and oxygen atoms in total. The molecule has 0 bridgehead atoms. The molecule has 2 heterocycles. The van der Waals surface area contributed by atoms with Crippen molar-refractivity contribution in [3.05, 3.63) is 28.8 Å². The third kappa shape index (κ3) is 1.61. The number of benzene rings is 1. The Kier molecular flexibility index (Phi) is 2.56. The number of hydrogen-bond acceptors (Lipinski definition) is 2. The van der Waals surface area contributed by atoms with Crippen LogP contribution >= 0.6 is 11.6 Å². The number of rotatable bonds is 0. The number of nitrogens with zero attached hydrogens (tertiary/aromatic N) is 1. The zero-order valence-electron chi connectivity index (χ0n) is 9.54. The van der Waals surface area contributed by atoms with Crippen molar-refractivity contribution in [2.45, 2.75) is 18.9 Å². The number of nitrogens with one attached hydrogen (secondary N) is 1. The molecular weight excluding hydrogens is 220 g/mol. The molecule has 2 aliphatic rings. The van der Waals surface area contributed by atoms with Gasteiger partial charge in [0.25, 0.3) is 0 Å². The second-order valence-corrected chi connectivity index (χ2v) is 5.34. The Balaban J connectivity index is 1.99. The SMILES string of the molecule is CN1c2ccc(Cl)cc2CC2CCNCC21. The van der Waals surface area contributed by atoms with Gasteiger partial charge in [-0.1, -0.05) is 11.6 Å². The number of anilines is 1. The number of halogens is 1. The highest BCUT2D eigenvalue weighted by Crippen LogP contribution is 2.36. The number of piperidine rings is 1. The fourth-order valence-corrected chi connectivity index (χ4v) is 3.31. The monoisotopic (exact) mass is 236 g/mol. The molecule has 0 saturated carbocycles. The number of fused-ring (bicyclic) bond motifs is 2. The summed E-state index contributed by atoms with van der Waals surface area (Å²) in [6.07, 6.45) is 2.47. The third-order valence-electron chi connectivity index (χ3n) is 3.99. The normalized spacial score (nSPS) is 28.5. The first kappa shape index (κ1) is 10.4. The second-order valence-electron chi connectivity index (χ2n) is 4.91. The van der Waals surface area contributed by atoms with Crippen molar-refractivity contribution < 1.29 is 0 Å². The van der Waals surface area contributed by atoms with E-state index in [1.165, 1.54) is 24.1 Å². The minimum atomic E-state index is 0.655. The topological polar surface area (TPSA) is 15.3 Å². The van der Waals surface area contributed by atoms with E-state index in [0.29, 0.717) is 6.04 Å². The van der Waals surface area contributed by atoms with Gasteiger partial charge < -0.3 is 10.2 Å². The molecule has 0 spiro atoms. The Morgan fingerprint density at radius 1 is 1.44 bits per heavy atom. The molecule has 0 aromatic heterocycles. The van der Waals surface area contributed by atoms with Gasteiger partial charge in [-0.05, 0) is 49.1 Å². The van der Waals surface area contributed by atoms with Crippen molar-refractivity contribution in [3.8, 4) is 0 Å². The lowest BCUT2D eigenvalue weighted by molar-refractivity contribution is 0.303. The molecule has 2 aliphatic heterocycles. The van der Waals surface area contributed by atoms with Gasteiger partial charge in [-0.15, -0.1) is 0 Å². The van der Waals surface area contributed by atoms with E-state index in [-0.39, 0.29) is 0 Å². The smallest absolute Gasteiger partial charge is 0.0443 e. The zero-order valence-corrected chi connectivity index (χ0v) is 10.3. The lowest BCUT2D eigenvalue weighted by Crippen LogP contribution is -2.53. The summed E-state index contributed by atoms with van der Waals surface area (Å²) in [4.78, 5) is 2.42. The molecule has 16 heavy (non-hydrogen) atoms. The van der Waals surface area contributed by atoms with Crippen molar-refractivity contribution in [1.82, 2.24) is 5.32 Å². The molecule has 1 aromatic rings. The summed E-state index contributed by atoms with van der Waals surface area (Å²) < 4.78 is 0. The predicted octanol–water partition coefficient (Wildman–Crippen LogP) is 2.31. The van der Waals surface area contributed by atoms with Crippen LogP contribution in [0, 0.1) is 5.92 Å². The summed E-state index contributed by atoms with van der Waals surface area (Å²) >= 11 is 6.07. The largest absolute Gasteiger partial charge is 0.370 e. The number of hydrogen-bond donors (Lipinski definition) is 1. The maximum absolute atomic E-state index is 6.07. The van der Waals surface area contributed by atoms with E-state index in [1.54, 1.807) is 0 Å². The van der Waals surface area contributed by atoms with Gasteiger partial charge in [-0.2, -0.15) is 0 Å². The van der Waals surface area contributed by atoms with Crippen molar-refractivity contribution in [2.75, 3.05) is 25.0 Å². The van der Waals surface area contributed by atoms with Gasteiger partial charge in [0, 0.05) is 30.3 Å². The van der Waals surface area contributed by atoms with Crippen LogP contribution in [-0.4, -0.2) is 26.2 Å². The summed E-state index contributed by atoms with van der Waals surface area (Å²) in [5.41, 5.74) is 2.77. The van der Waals surface area contributed by atoms with Crippen LogP contribution in [0.5, 0.6) is 0 Å². The molecule has 86 valence electrons. The van der Waals surface area contributed by atoms with Crippen LogP contribution in [0.1, 0.15) is 12.0 Å². The Morgan fingerprint density at radius 3 is 3.19 bits per heavy atom. The molecule has 3 heteroatoms. The standard InChI is InChI=1S/C13H17ClN2/c1-16-12-3-2-11(14)7-10(12)6-9-4-5-15-8-13(9)16/h2-3,7,9,13,15H,4-6,8H2,1H3. The van der Waals surface area contributed by atoms with E-state index in [9.17, 15) is 0 Å². The fourth-order valence-electron chi connectivity index (χ4n) is 3.11. The van der Waals surface area contributed by atoms with Gasteiger partial charge in [-0.25, -0.2) is 0 Å². The highest BCUT2D eigenvalue weighted by molar-refractivity contribution is 6.30. The molecule has 0 amide bonds. The molecule has 1 N–H and O–H groups in total. The van der Waals surface area contributed by atoms with Crippen molar-refractivity contribution in [1.29, 1.82) is 0 Å². The average Bonchev–Trinajstić information content (AvgIpc) is 2.29. The Morgan fingerprint density at radius 2 is 2.31 bits per heavy atom. The molecule has 1 aromatic carbocycles. The minimum absolute atomic E-state index is 0.655. The lowest BCUT2D eigenvalue weighted by Gasteiger charge is -2.44. The van der Waals surface area contributed by atoms with Gasteiger partial charge in [0.1, 0.15) is 0 Å². The lowest BCUT2D eigenvalue weighted by atomic mass is 9.82. The first-order valence-electron chi connectivity index (χ1n) is 5.97. The summed E-state index contributed by atoms with van der Waals surface area (Å²) in [7, 11) is 2.20. The maximum Gasteiger partial charge on any atom is 0.0443 e. The summed E-state index contributed by atoms with van der Waals surface area (Å²) in [5.74, 6) is 0.789. The summed E-state index contributed by atoms with van der Waals surface area (Å²) in [5, 5.41) is 4.35. The Hall–Kier alpha value is -0.730. The van der Waals surface area contributed by atoms with Crippen LogP contribution in [0.15, 0.2) is 18.2 Å². The first-order chi connectivity index (χ1) is 7.75. The van der Waals surface area contributed by atoms with Gasteiger partial charge in [0.15, 0.2) is 0 Å². The van der Waals surface area contributed by atoms with E-state index in [4.69, 9.17) is 11.6 Å². The minimum Gasteiger partial charge on any atom is -0.370 e. The van der Waals surface area contributed by atoms with Crippen LogP contribution in [0.25, 0.3) is 0 Å². The zero-order chi connectivity index (χ0) is 11.1. The average molecular weight is 237 g/mol. The third-order valence-corrected chi connectivity index (χ3v) is 4.23. The van der Waals surface area contributed by atoms with Gasteiger partial charge in [-0.3, -0.25) is 0 Å². The molecule has 1 fully saturated rings. The molecular formula is C13H17ClN2. The van der Waals surface area contributed by atoms with Gasteiger partial charge in [0.05, 0.1) is 0 Å². The highest BCUT2D eigenvalue weighted by Gasteiger charge is 2.33. The van der Waals surface area contributed by atoms with E-state index in [2.05, 4.69) is 29.4 Å². The molecule has 2 atom stereocenters.